The molecule has 0 unspecified atom stereocenters. The van der Waals surface area contributed by atoms with Crippen LogP contribution in [0.25, 0.3) is 0 Å². The Morgan fingerprint density at radius 2 is 1.65 bits per heavy atom. The molecular weight excluding hydrogens is 472 g/mol. The summed E-state index contributed by atoms with van der Waals surface area (Å²) in [7, 11) is 0. The number of ether oxygens (including phenoxy) is 1. The first-order valence-corrected chi connectivity index (χ1v) is 12.8. The fourth-order valence-electron chi connectivity index (χ4n) is 4.12. The van der Waals surface area contributed by atoms with Crippen LogP contribution in [-0.2, 0) is 14.3 Å². The van der Waals surface area contributed by atoms with Gasteiger partial charge in [0.1, 0.15) is 10.6 Å². The summed E-state index contributed by atoms with van der Waals surface area (Å²) >= 11 is 7.29. The van der Waals surface area contributed by atoms with E-state index < -0.39 is 17.8 Å². The Labute approximate surface area is 208 Å². The summed E-state index contributed by atoms with van der Waals surface area (Å²) in [6.07, 6.45) is 4.80. The highest BCUT2D eigenvalue weighted by molar-refractivity contribution is 8.04. The Morgan fingerprint density at radius 3 is 2.32 bits per heavy atom. The van der Waals surface area contributed by atoms with E-state index in [9.17, 15) is 14.4 Å². The van der Waals surface area contributed by atoms with E-state index in [0.717, 1.165) is 35.5 Å². The molecule has 2 heterocycles. The lowest BCUT2D eigenvalue weighted by Crippen LogP contribution is -2.36. The fraction of sp³-hybridized carbons (Fsp3) is 0.346. The number of para-hydroxylation sites is 1. The third-order valence-corrected chi connectivity index (χ3v) is 7.11. The molecule has 0 atom stereocenters. The van der Waals surface area contributed by atoms with Crippen LogP contribution in [0.3, 0.4) is 0 Å². The van der Waals surface area contributed by atoms with Gasteiger partial charge in [-0.25, -0.2) is 9.69 Å². The number of halogens is 1. The van der Waals surface area contributed by atoms with E-state index in [4.69, 9.17) is 16.3 Å². The normalized spacial score (nSPS) is 16.8. The molecule has 1 saturated heterocycles. The van der Waals surface area contributed by atoms with Gasteiger partial charge < -0.3 is 9.64 Å². The highest BCUT2D eigenvalue weighted by Gasteiger charge is 2.43. The van der Waals surface area contributed by atoms with E-state index in [2.05, 4.69) is 0 Å². The third-order valence-electron chi connectivity index (χ3n) is 5.78. The maximum absolute atomic E-state index is 13.8. The quantitative estimate of drug-likeness (QED) is 0.362. The van der Waals surface area contributed by atoms with Gasteiger partial charge in [-0.1, -0.05) is 55.3 Å². The number of nitrogens with zero attached hydrogens (tertiary/aromatic N) is 2. The molecule has 0 aliphatic carbocycles. The van der Waals surface area contributed by atoms with Crippen LogP contribution in [0.15, 0.2) is 64.0 Å². The Bertz CT molecular complexity index is 1110. The van der Waals surface area contributed by atoms with Crippen molar-refractivity contribution in [2.45, 2.75) is 43.9 Å². The number of thioether (sulfide) groups is 1. The van der Waals surface area contributed by atoms with Gasteiger partial charge in [0.2, 0.25) is 0 Å². The van der Waals surface area contributed by atoms with Crippen molar-refractivity contribution in [3.8, 4) is 0 Å². The standard InChI is InChI=1S/C26H27ClN2O4S/c1-2-17-33-26(32)20-9-5-6-10-21(20)29-24(30)22(28-15-7-3-4-8-16-28)23(25(29)31)34-19-13-11-18(27)12-14-19/h5-6,9-14H,2-4,7-8,15-17H2,1H3. The Morgan fingerprint density at radius 1 is 0.971 bits per heavy atom. The van der Waals surface area contributed by atoms with Crippen LogP contribution in [0, 0.1) is 0 Å². The first-order valence-electron chi connectivity index (χ1n) is 11.6. The van der Waals surface area contributed by atoms with Crippen molar-refractivity contribution in [1.29, 1.82) is 0 Å². The molecule has 2 aromatic rings. The molecule has 8 heteroatoms. The van der Waals surface area contributed by atoms with Crippen LogP contribution in [0.1, 0.15) is 49.4 Å². The number of amides is 2. The molecule has 2 aromatic carbocycles. The lowest BCUT2D eigenvalue weighted by Gasteiger charge is -2.24. The number of likely N-dealkylation sites (tertiary alicyclic amines) is 1. The number of hydrogen-bond acceptors (Lipinski definition) is 6. The molecule has 4 rings (SSSR count). The zero-order valence-electron chi connectivity index (χ0n) is 19.1. The SMILES string of the molecule is CCCOC(=O)c1ccccc1N1C(=O)C(Sc2ccc(Cl)cc2)=C(N2CCCCCC2)C1=O. The number of anilines is 1. The molecule has 0 bridgehead atoms. The van der Waals surface area contributed by atoms with Crippen molar-refractivity contribution in [2.75, 3.05) is 24.6 Å². The highest BCUT2D eigenvalue weighted by atomic mass is 35.5. The second-order valence-electron chi connectivity index (χ2n) is 8.23. The van der Waals surface area contributed by atoms with Crippen molar-refractivity contribution in [3.05, 3.63) is 69.7 Å². The molecule has 0 aromatic heterocycles. The summed E-state index contributed by atoms with van der Waals surface area (Å²) in [5.41, 5.74) is 0.854. The van der Waals surface area contributed by atoms with Crippen molar-refractivity contribution in [3.63, 3.8) is 0 Å². The van der Waals surface area contributed by atoms with Gasteiger partial charge in [-0.05, 0) is 55.7 Å². The van der Waals surface area contributed by atoms with E-state index in [1.807, 2.05) is 24.0 Å². The largest absolute Gasteiger partial charge is 0.462 e. The summed E-state index contributed by atoms with van der Waals surface area (Å²) in [5, 5.41) is 0.598. The molecular formula is C26H27ClN2O4S. The average Bonchev–Trinajstić information content (AvgIpc) is 3.01. The van der Waals surface area contributed by atoms with Gasteiger partial charge in [-0.3, -0.25) is 9.59 Å². The Kier molecular flexibility index (Phi) is 7.95. The Balaban J connectivity index is 1.74. The fourth-order valence-corrected chi connectivity index (χ4v) is 5.24. The topological polar surface area (TPSA) is 66.9 Å². The van der Waals surface area contributed by atoms with Crippen molar-refractivity contribution in [1.82, 2.24) is 4.90 Å². The first kappa shape index (κ1) is 24.4. The molecule has 6 nitrogen and oxygen atoms in total. The van der Waals surface area contributed by atoms with Gasteiger partial charge in [-0.2, -0.15) is 0 Å². The molecule has 178 valence electrons. The van der Waals surface area contributed by atoms with E-state index >= 15 is 0 Å². The first-order chi connectivity index (χ1) is 16.5. The van der Waals surface area contributed by atoms with Gasteiger partial charge >= 0.3 is 5.97 Å². The van der Waals surface area contributed by atoms with Crippen molar-refractivity contribution < 1.29 is 19.1 Å². The van der Waals surface area contributed by atoms with E-state index in [0.29, 0.717) is 35.1 Å². The minimum atomic E-state index is -0.548. The van der Waals surface area contributed by atoms with Gasteiger partial charge in [-0.15, -0.1) is 0 Å². The van der Waals surface area contributed by atoms with Crippen molar-refractivity contribution >= 4 is 46.8 Å². The van der Waals surface area contributed by atoms with Gasteiger partial charge in [0.05, 0.1) is 17.9 Å². The average molecular weight is 499 g/mol. The lowest BCUT2D eigenvalue weighted by atomic mass is 10.1. The number of carbonyl (C=O) groups is 3. The molecule has 0 spiro atoms. The lowest BCUT2D eigenvalue weighted by molar-refractivity contribution is -0.121. The van der Waals surface area contributed by atoms with Crippen LogP contribution in [0.5, 0.6) is 0 Å². The summed E-state index contributed by atoms with van der Waals surface area (Å²) in [4.78, 5) is 44.6. The maximum atomic E-state index is 13.8. The van der Waals surface area contributed by atoms with Gasteiger partial charge in [0.25, 0.3) is 11.8 Å². The van der Waals surface area contributed by atoms with E-state index in [1.54, 1.807) is 36.4 Å². The minimum Gasteiger partial charge on any atom is -0.462 e. The smallest absolute Gasteiger partial charge is 0.340 e. The molecule has 34 heavy (non-hydrogen) atoms. The van der Waals surface area contributed by atoms with E-state index in [1.165, 1.54) is 11.8 Å². The van der Waals surface area contributed by atoms with Gasteiger partial charge in [0, 0.05) is 23.0 Å². The molecule has 1 fully saturated rings. The third kappa shape index (κ3) is 5.15. The summed E-state index contributed by atoms with van der Waals surface area (Å²) in [6, 6.07) is 13.8. The number of imide groups is 1. The van der Waals surface area contributed by atoms with Crippen LogP contribution in [0.4, 0.5) is 5.69 Å². The number of carbonyl (C=O) groups excluding carboxylic acids is 3. The molecule has 0 radical (unpaired) electrons. The van der Waals surface area contributed by atoms with Crippen LogP contribution in [0.2, 0.25) is 5.02 Å². The van der Waals surface area contributed by atoms with Crippen LogP contribution >= 0.6 is 23.4 Å². The number of benzene rings is 2. The zero-order chi connectivity index (χ0) is 24.1. The number of hydrogen-bond donors (Lipinski definition) is 0. The predicted molar refractivity (Wildman–Crippen MR) is 134 cm³/mol. The second kappa shape index (κ2) is 11.1. The van der Waals surface area contributed by atoms with Crippen LogP contribution in [-0.4, -0.2) is 42.4 Å². The Hall–Kier alpha value is -2.77. The second-order valence-corrected chi connectivity index (χ2v) is 9.75. The molecule has 2 amide bonds. The summed E-state index contributed by atoms with van der Waals surface area (Å²) in [5.74, 6) is -1.38. The van der Waals surface area contributed by atoms with Gasteiger partial charge in [0.15, 0.2) is 0 Å². The maximum Gasteiger partial charge on any atom is 0.340 e. The summed E-state index contributed by atoms with van der Waals surface area (Å²) < 4.78 is 5.31. The minimum absolute atomic E-state index is 0.200. The summed E-state index contributed by atoms with van der Waals surface area (Å²) in [6.45, 7) is 3.61. The number of rotatable bonds is 7. The molecule has 0 saturated carbocycles. The van der Waals surface area contributed by atoms with E-state index in [-0.39, 0.29) is 17.9 Å². The zero-order valence-corrected chi connectivity index (χ0v) is 20.7. The molecule has 2 aliphatic rings. The highest BCUT2D eigenvalue weighted by Crippen LogP contribution is 2.40. The monoisotopic (exact) mass is 498 g/mol. The predicted octanol–water partition coefficient (Wildman–Crippen LogP) is 5.66. The molecule has 0 N–H and O–H groups in total. The number of esters is 1. The van der Waals surface area contributed by atoms with Crippen LogP contribution < -0.4 is 4.90 Å². The molecule has 2 aliphatic heterocycles. The van der Waals surface area contributed by atoms with Crippen molar-refractivity contribution in [2.24, 2.45) is 0 Å².